The van der Waals surface area contributed by atoms with Gasteiger partial charge in [0.25, 0.3) is 0 Å². The Morgan fingerprint density at radius 1 is 1.31 bits per heavy atom. The number of alkyl halides is 1. The zero-order valence-corrected chi connectivity index (χ0v) is 10.2. The van der Waals surface area contributed by atoms with Crippen molar-refractivity contribution in [2.24, 2.45) is 0 Å². The van der Waals surface area contributed by atoms with E-state index in [1.165, 1.54) is 12.8 Å². The molecule has 2 unspecified atom stereocenters. The van der Waals surface area contributed by atoms with Crippen LogP contribution in [-0.4, -0.2) is 27.4 Å². The molecule has 3 heterocycles. The first-order chi connectivity index (χ1) is 7.74. The van der Waals surface area contributed by atoms with Crippen LogP contribution in [0.3, 0.4) is 0 Å². The predicted molar refractivity (Wildman–Crippen MR) is 64.9 cm³/mol. The molecule has 2 saturated heterocycles. The molecule has 2 fully saturated rings. The third-order valence-corrected chi connectivity index (χ3v) is 4.06. The lowest BCUT2D eigenvalue weighted by Crippen LogP contribution is -2.44. The van der Waals surface area contributed by atoms with Gasteiger partial charge in [0.1, 0.15) is 11.6 Å². The van der Waals surface area contributed by atoms with Crippen molar-refractivity contribution in [3.63, 3.8) is 0 Å². The molecule has 2 aliphatic heterocycles. The molecule has 1 aromatic rings. The van der Waals surface area contributed by atoms with E-state index in [1.807, 2.05) is 19.2 Å². The molecule has 3 nitrogen and oxygen atoms in total. The van der Waals surface area contributed by atoms with E-state index in [0.29, 0.717) is 17.5 Å². The van der Waals surface area contributed by atoms with Gasteiger partial charge < -0.3 is 4.90 Å². The highest BCUT2D eigenvalue weighted by atomic mass is 35.5. The monoisotopic (exact) mass is 237 g/mol. The summed E-state index contributed by atoms with van der Waals surface area (Å²) in [5.41, 5.74) is 0. The van der Waals surface area contributed by atoms with Crippen LogP contribution in [-0.2, 0) is 0 Å². The Kier molecular flexibility index (Phi) is 2.51. The molecule has 3 rings (SSSR count). The Bertz CT molecular complexity index is 382. The molecule has 0 radical (unpaired) electrons. The SMILES string of the molecule is Cc1nccc(N2C3CCC2CC(Cl)C3)n1. The lowest BCUT2D eigenvalue weighted by Gasteiger charge is -2.37. The number of hydrogen-bond acceptors (Lipinski definition) is 3. The number of hydrogen-bond donors (Lipinski definition) is 0. The molecular formula is C12H16ClN3. The first-order valence-electron chi connectivity index (χ1n) is 5.96. The smallest absolute Gasteiger partial charge is 0.132 e. The van der Waals surface area contributed by atoms with E-state index in [2.05, 4.69) is 14.9 Å². The summed E-state index contributed by atoms with van der Waals surface area (Å²) in [6.07, 6.45) is 6.57. The zero-order chi connectivity index (χ0) is 11.1. The number of aryl methyl sites for hydroxylation is 1. The van der Waals surface area contributed by atoms with E-state index in [1.54, 1.807) is 0 Å². The molecular weight excluding hydrogens is 222 g/mol. The Labute approximate surface area is 101 Å². The van der Waals surface area contributed by atoms with E-state index < -0.39 is 0 Å². The minimum atomic E-state index is 0.358. The largest absolute Gasteiger partial charge is 0.350 e. The number of fused-ring (bicyclic) bond motifs is 2. The Hall–Kier alpha value is -0.830. The highest BCUT2D eigenvalue weighted by Gasteiger charge is 2.40. The second kappa shape index (κ2) is 3.88. The molecule has 0 N–H and O–H groups in total. The maximum absolute atomic E-state index is 6.27. The summed E-state index contributed by atoms with van der Waals surface area (Å²) in [7, 11) is 0. The maximum atomic E-state index is 6.27. The van der Waals surface area contributed by atoms with E-state index >= 15 is 0 Å². The number of nitrogens with zero attached hydrogens (tertiary/aromatic N) is 3. The highest BCUT2D eigenvalue weighted by Crippen LogP contribution is 2.39. The Morgan fingerprint density at radius 3 is 2.62 bits per heavy atom. The normalized spacial score (nSPS) is 33.1. The van der Waals surface area contributed by atoms with Gasteiger partial charge in [-0.2, -0.15) is 0 Å². The molecule has 2 bridgehead atoms. The van der Waals surface area contributed by atoms with Crippen LogP contribution in [0, 0.1) is 6.92 Å². The van der Waals surface area contributed by atoms with Gasteiger partial charge in [-0.05, 0) is 38.7 Å². The molecule has 16 heavy (non-hydrogen) atoms. The fraction of sp³-hybridized carbons (Fsp3) is 0.667. The first-order valence-corrected chi connectivity index (χ1v) is 6.40. The Morgan fingerprint density at radius 2 is 2.00 bits per heavy atom. The van der Waals surface area contributed by atoms with Crippen molar-refractivity contribution in [1.82, 2.24) is 9.97 Å². The fourth-order valence-electron chi connectivity index (χ4n) is 3.07. The highest BCUT2D eigenvalue weighted by molar-refractivity contribution is 6.20. The summed E-state index contributed by atoms with van der Waals surface area (Å²) in [5.74, 6) is 1.94. The summed E-state index contributed by atoms with van der Waals surface area (Å²) in [6.45, 7) is 1.94. The van der Waals surface area contributed by atoms with Gasteiger partial charge in [0, 0.05) is 23.7 Å². The van der Waals surface area contributed by atoms with Crippen LogP contribution in [0.4, 0.5) is 5.82 Å². The molecule has 2 aliphatic rings. The van der Waals surface area contributed by atoms with Crippen molar-refractivity contribution in [3.8, 4) is 0 Å². The number of halogens is 1. The molecule has 0 spiro atoms. The van der Waals surface area contributed by atoms with Gasteiger partial charge in [0.15, 0.2) is 0 Å². The summed E-state index contributed by atoms with van der Waals surface area (Å²) in [4.78, 5) is 11.2. The van der Waals surface area contributed by atoms with Crippen molar-refractivity contribution in [1.29, 1.82) is 0 Å². The third-order valence-electron chi connectivity index (χ3n) is 3.70. The van der Waals surface area contributed by atoms with Crippen LogP contribution < -0.4 is 4.90 Å². The summed E-state index contributed by atoms with van der Waals surface area (Å²) in [6, 6.07) is 3.21. The first kappa shape index (κ1) is 10.3. The second-order valence-electron chi connectivity index (χ2n) is 4.82. The fourth-order valence-corrected chi connectivity index (χ4v) is 3.48. The number of anilines is 1. The summed E-state index contributed by atoms with van der Waals surface area (Å²) >= 11 is 6.27. The second-order valence-corrected chi connectivity index (χ2v) is 5.44. The molecule has 0 aromatic carbocycles. The van der Waals surface area contributed by atoms with Gasteiger partial charge in [-0.15, -0.1) is 11.6 Å². The molecule has 0 aliphatic carbocycles. The van der Waals surface area contributed by atoms with Crippen molar-refractivity contribution in [2.75, 3.05) is 4.90 Å². The molecule has 4 heteroatoms. The average Bonchev–Trinajstić information content (AvgIpc) is 2.51. The van der Waals surface area contributed by atoms with Crippen molar-refractivity contribution >= 4 is 17.4 Å². The summed E-state index contributed by atoms with van der Waals surface area (Å²) in [5, 5.41) is 0.358. The van der Waals surface area contributed by atoms with Crippen LogP contribution in [0.25, 0.3) is 0 Å². The van der Waals surface area contributed by atoms with Crippen LogP contribution in [0.15, 0.2) is 12.3 Å². The van der Waals surface area contributed by atoms with Gasteiger partial charge in [-0.3, -0.25) is 0 Å². The molecule has 1 aromatic heterocycles. The van der Waals surface area contributed by atoms with Gasteiger partial charge in [0.2, 0.25) is 0 Å². The van der Waals surface area contributed by atoms with Gasteiger partial charge >= 0.3 is 0 Å². The Balaban J connectivity index is 1.91. The number of rotatable bonds is 1. The quantitative estimate of drug-likeness (QED) is 0.703. The molecule has 0 saturated carbocycles. The van der Waals surface area contributed by atoms with Gasteiger partial charge in [-0.25, -0.2) is 9.97 Å². The molecule has 0 amide bonds. The van der Waals surface area contributed by atoms with E-state index in [4.69, 9.17) is 11.6 Å². The molecule has 2 atom stereocenters. The number of aromatic nitrogens is 2. The van der Waals surface area contributed by atoms with Crippen molar-refractivity contribution in [3.05, 3.63) is 18.1 Å². The lowest BCUT2D eigenvalue weighted by atomic mass is 10.0. The van der Waals surface area contributed by atoms with E-state index in [9.17, 15) is 0 Å². The lowest BCUT2D eigenvalue weighted by molar-refractivity contribution is 0.470. The maximum Gasteiger partial charge on any atom is 0.132 e. The summed E-state index contributed by atoms with van der Waals surface area (Å²) < 4.78 is 0. The predicted octanol–water partition coefficient (Wildman–Crippen LogP) is 2.52. The van der Waals surface area contributed by atoms with E-state index in [0.717, 1.165) is 24.5 Å². The number of piperidine rings is 1. The van der Waals surface area contributed by atoms with Crippen molar-refractivity contribution < 1.29 is 0 Å². The minimum Gasteiger partial charge on any atom is -0.350 e. The topological polar surface area (TPSA) is 29.0 Å². The van der Waals surface area contributed by atoms with Crippen LogP contribution in [0.1, 0.15) is 31.5 Å². The minimum absolute atomic E-state index is 0.358. The zero-order valence-electron chi connectivity index (χ0n) is 9.43. The third kappa shape index (κ3) is 1.67. The van der Waals surface area contributed by atoms with Crippen LogP contribution >= 0.6 is 11.6 Å². The standard InChI is InChI=1S/C12H16ClN3/c1-8-14-5-4-12(15-8)16-10-2-3-11(16)7-9(13)6-10/h4-5,9-11H,2-3,6-7H2,1H3. The van der Waals surface area contributed by atoms with Crippen molar-refractivity contribution in [2.45, 2.75) is 50.1 Å². The average molecular weight is 238 g/mol. The van der Waals surface area contributed by atoms with Gasteiger partial charge in [-0.1, -0.05) is 0 Å². The molecule has 86 valence electrons. The van der Waals surface area contributed by atoms with Crippen LogP contribution in [0.5, 0.6) is 0 Å². The van der Waals surface area contributed by atoms with Crippen LogP contribution in [0.2, 0.25) is 0 Å². The van der Waals surface area contributed by atoms with E-state index in [-0.39, 0.29) is 0 Å². The van der Waals surface area contributed by atoms with Gasteiger partial charge in [0.05, 0.1) is 0 Å².